The van der Waals surface area contributed by atoms with Crippen LogP contribution < -0.4 is 15.4 Å². The van der Waals surface area contributed by atoms with Gasteiger partial charge in [0.1, 0.15) is 0 Å². The number of nitrogens with zero attached hydrogens (tertiary/aromatic N) is 3. The highest BCUT2D eigenvalue weighted by atomic mass is 32.2. The molecule has 0 aliphatic heterocycles. The zero-order valence-electron chi connectivity index (χ0n) is 17.7. The van der Waals surface area contributed by atoms with Crippen molar-refractivity contribution in [3.8, 4) is 0 Å². The van der Waals surface area contributed by atoms with Crippen molar-refractivity contribution in [2.45, 2.75) is 31.5 Å². The first-order valence-corrected chi connectivity index (χ1v) is 11.6. The molecule has 0 radical (unpaired) electrons. The van der Waals surface area contributed by atoms with Gasteiger partial charge in [-0.3, -0.25) is 4.68 Å². The lowest BCUT2D eigenvalue weighted by Crippen LogP contribution is -2.37. The minimum Gasteiger partial charge on any atom is -0.357 e. The average Bonchev–Trinajstić information content (AvgIpc) is 3.30. The first kappa shape index (κ1) is 22.5. The van der Waals surface area contributed by atoms with Crippen LogP contribution in [0.3, 0.4) is 0 Å². The Kier molecular flexibility index (Phi) is 7.80. The number of rotatable bonds is 9. The summed E-state index contributed by atoms with van der Waals surface area (Å²) in [4.78, 5) is 4.84. The van der Waals surface area contributed by atoms with E-state index in [1.165, 1.54) is 12.6 Å². The number of nitrogens with one attached hydrogen (secondary N) is 3. The Morgan fingerprint density at radius 2 is 1.87 bits per heavy atom. The van der Waals surface area contributed by atoms with Crippen LogP contribution in [0.25, 0.3) is 0 Å². The molecule has 0 aliphatic carbocycles. The van der Waals surface area contributed by atoms with E-state index in [-0.39, 0.29) is 4.90 Å². The smallest absolute Gasteiger partial charge is 0.240 e. The molecule has 0 atom stereocenters. The second-order valence-corrected chi connectivity index (χ2v) is 8.76. The van der Waals surface area contributed by atoms with Gasteiger partial charge in [-0.05, 0) is 48.9 Å². The van der Waals surface area contributed by atoms with Crippen LogP contribution in [0.4, 0.5) is 0 Å². The van der Waals surface area contributed by atoms with Crippen molar-refractivity contribution in [1.82, 2.24) is 25.1 Å². The normalized spacial score (nSPS) is 12.0. The SMILES string of the molecule is CCNC(=NCc1cccc(S(=O)(=O)NC)c1)NCc1ccccc1Cn1cccn1. The third kappa shape index (κ3) is 6.40. The Balaban J connectivity index is 1.70. The lowest BCUT2D eigenvalue weighted by Gasteiger charge is -2.14. The molecule has 3 N–H and O–H groups in total. The molecule has 0 saturated heterocycles. The number of sulfonamides is 1. The van der Waals surface area contributed by atoms with Crippen molar-refractivity contribution in [2.24, 2.45) is 4.99 Å². The van der Waals surface area contributed by atoms with Gasteiger partial charge in [0.2, 0.25) is 10.0 Å². The van der Waals surface area contributed by atoms with E-state index in [2.05, 4.69) is 37.6 Å². The van der Waals surface area contributed by atoms with Gasteiger partial charge in [0.25, 0.3) is 0 Å². The third-order valence-electron chi connectivity index (χ3n) is 4.70. The Labute approximate surface area is 183 Å². The molecule has 31 heavy (non-hydrogen) atoms. The predicted molar refractivity (Wildman–Crippen MR) is 122 cm³/mol. The molecule has 1 aromatic heterocycles. The summed E-state index contributed by atoms with van der Waals surface area (Å²) < 4.78 is 28.3. The summed E-state index contributed by atoms with van der Waals surface area (Å²) in [5, 5.41) is 10.9. The summed E-state index contributed by atoms with van der Waals surface area (Å²) in [5.41, 5.74) is 3.15. The van der Waals surface area contributed by atoms with E-state index in [1.54, 1.807) is 24.4 Å². The first-order valence-electron chi connectivity index (χ1n) is 10.1. The van der Waals surface area contributed by atoms with Crippen molar-refractivity contribution in [3.63, 3.8) is 0 Å². The zero-order valence-corrected chi connectivity index (χ0v) is 18.6. The van der Waals surface area contributed by atoms with Gasteiger partial charge in [-0.1, -0.05) is 36.4 Å². The highest BCUT2D eigenvalue weighted by Gasteiger charge is 2.11. The molecule has 0 amide bonds. The monoisotopic (exact) mass is 440 g/mol. The minimum absolute atomic E-state index is 0.230. The Bertz CT molecular complexity index is 1110. The lowest BCUT2D eigenvalue weighted by atomic mass is 10.1. The summed E-state index contributed by atoms with van der Waals surface area (Å²) in [7, 11) is -2.08. The van der Waals surface area contributed by atoms with Gasteiger partial charge < -0.3 is 10.6 Å². The van der Waals surface area contributed by atoms with Crippen LogP contribution >= 0.6 is 0 Å². The van der Waals surface area contributed by atoms with Crippen molar-refractivity contribution in [2.75, 3.05) is 13.6 Å². The van der Waals surface area contributed by atoms with Crippen LogP contribution in [-0.2, 0) is 29.7 Å². The maximum Gasteiger partial charge on any atom is 0.240 e. The van der Waals surface area contributed by atoms with Gasteiger partial charge in [0, 0.05) is 25.5 Å². The number of aliphatic imine (C=N–C) groups is 1. The second kappa shape index (κ2) is 10.7. The van der Waals surface area contributed by atoms with Crippen LogP contribution in [0.15, 0.2) is 76.9 Å². The Hall–Kier alpha value is -3.17. The van der Waals surface area contributed by atoms with Crippen LogP contribution in [0.2, 0.25) is 0 Å². The molecule has 0 aliphatic rings. The summed E-state index contributed by atoms with van der Waals surface area (Å²) in [6.07, 6.45) is 3.71. The molecule has 2 aromatic carbocycles. The van der Waals surface area contributed by atoms with Crippen LogP contribution in [-0.4, -0.2) is 37.8 Å². The molecule has 0 saturated carbocycles. The molecule has 164 valence electrons. The highest BCUT2D eigenvalue weighted by molar-refractivity contribution is 7.89. The fourth-order valence-corrected chi connectivity index (χ4v) is 3.87. The van der Waals surface area contributed by atoms with Gasteiger partial charge in [0.05, 0.1) is 18.0 Å². The molecule has 0 fully saturated rings. The molecule has 0 spiro atoms. The predicted octanol–water partition coefficient (Wildman–Crippen LogP) is 2.09. The van der Waals surface area contributed by atoms with E-state index in [1.807, 2.05) is 42.1 Å². The lowest BCUT2D eigenvalue weighted by molar-refractivity contribution is 0.588. The number of guanidine groups is 1. The number of hydrogen-bond donors (Lipinski definition) is 3. The second-order valence-electron chi connectivity index (χ2n) is 6.88. The van der Waals surface area contributed by atoms with Crippen molar-refractivity contribution in [1.29, 1.82) is 0 Å². The molecule has 0 unspecified atom stereocenters. The van der Waals surface area contributed by atoms with Gasteiger partial charge >= 0.3 is 0 Å². The number of benzene rings is 2. The summed E-state index contributed by atoms with van der Waals surface area (Å²) in [6, 6.07) is 16.9. The zero-order chi connectivity index (χ0) is 22.1. The van der Waals surface area contributed by atoms with Crippen molar-refractivity contribution >= 4 is 16.0 Å². The Morgan fingerprint density at radius 3 is 2.58 bits per heavy atom. The molecule has 8 nitrogen and oxygen atoms in total. The number of hydrogen-bond acceptors (Lipinski definition) is 4. The fraction of sp³-hybridized carbons (Fsp3) is 0.273. The molecule has 9 heteroatoms. The minimum atomic E-state index is -3.48. The van der Waals surface area contributed by atoms with E-state index in [0.29, 0.717) is 25.6 Å². The summed E-state index contributed by atoms with van der Waals surface area (Å²) in [6.45, 7) is 4.39. The molecular weight excluding hydrogens is 412 g/mol. The fourth-order valence-electron chi connectivity index (χ4n) is 3.07. The van der Waals surface area contributed by atoms with E-state index >= 15 is 0 Å². The van der Waals surface area contributed by atoms with Gasteiger partial charge in [-0.15, -0.1) is 0 Å². The van der Waals surface area contributed by atoms with Crippen molar-refractivity contribution < 1.29 is 8.42 Å². The van der Waals surface area contributed by atoms with Gasteiger partial charge in [-0.2, -0.15) is 5.10 Å². The number of aromatic nitrogens is 2. The van der Waals surface area contributed by atoms with Crippen LogP contribution in [0.5, 0.6) is 0 Å². The van der Waals surface area contributed by atoms with E-state index in [0.717, 1.165) is 17.7 Å². The third-order valence-corrected chi connectivity index (χ3v) is 6.11. The first-order chi connectivity index (χ1) is 15.0. The topological polar surface area (TPSA) is 100 Å². The maximum absolute atomic E-state index is 12.0. The Morgan fingerprint density at radius 1 is 1.06 bits per heavy atom. The van der Waals surface area contributed by atoms with Crippen molar-refractivity contribution in [3.05, 3.63) is 83.7 Å². The summed E-state index contributed by atoms with van der Waals surface area (Å²) in [5.74, 6) is 0.665. The van der Waals surface area contributed by atoms with Gasteiger partial charge in [0.15, 0.2) is 5.96 Å². The molecule has 1 heterocycles. The molecule has 3 rings (SSSR count). The maximum atomic E-state index is 12.0. The van der Waals surface area contributed by atoms with Crippen LogP contribution in [0.1, 0.15) is 23.6 Å². The molecule has 3 aromatic rings. The average molecular weight is 441 g/mol. The standard InChI is InChI=1S/C22H28N6O2S/c1-3-24-22(25-15-18-8-6-11-21(14-18)31(29,30)23-2)26-16-19-9-4-5-10-20(19)17-28-13-7-12-27-28/h4-14,23H,3,15-17H2,1-2H3,(H2,24,25,26). The van der Waals surface area contributed by atoms with Crippen LogP contribution in [0, 0.1) is 0 Å². The van der Waals surface area contributed by atoms with E-state index in [9.17, 15) is 8.42 Å². The summed E-state index contributed by atoms with van der Waals surface area (Å²) >= 11 is 0. The largest absolute Gasteiger partial charge is 0.357 e. The van der Waals surface area contributed by atoms with Gasteiger partial charge in [-0.25, -0.2) is 18.1 Å². The quantitative estimate of drug-likeness (QED) is 0.349. The van der Waals surface area contributed by atoms with E-state index < -0.39 is 10.0 Å². The molecule has 0 bridgehead atoms. The highest BCUT2D eigenvalue weighted by Crippen LogP contribution is 2.12. The molecular formula is C22H28N6O2S. The van der Waals surface area contributed by atoms with E-state index in [4.69, 9.17) is 0 Å².